The summed E-state index contributed by atoms with van der Waals surface area (Å²) in [7, 11) is -0.959. The molecule has 0 spiro atoms. The molecule has 8 aromatic rings. The van der Waals surface area contributed by atoms with Crippen LogP contribution in [0.3, 0.4) is 0 Å². The van der Waals surface area contributed by atoms with Gasteiger partial charge in [0.15, 0.2) is 0 Å². The number of benzene rings is 7. The summed E-state index contributed by atoms with van der Waals surface area (Å²) >= 11 is 0. The summed E-state index contributed by atoms with van der Waals surface area (Å²) in [6.45, 7) is 0. The van der Waals surface area contributed by atoms with Gasteiger partial charge in [-0.1, -0.05) is 127 Å². The molecule has 0 N–H and O–H groups in total. The molecule has 0 saturated heterocycles. The second kappa shape index (κ2) is 12.3. The highest BCUT2D eigenvalue weighted by Gasteiger charge is 2.20. The van der Waals surface area contributed by atoms with Crippen LogP contribution in [0.5, 0.6) is 0 Å². The largest absolute Gasteiger partial charge is 0.454 e. The van der Waals surface area contributed by atoms with E-state index in [2.05, 4.69) is 194 Å². The van der Waals surface area contributed by atoms with Crippen molar-refractivity contribution in [3.63, 3.8) is 0 Å². The third kappa shape index (κ3) is 5.57. The van der Waals surface area contributed by atoms with Crippen molar-refractivity contribution in [1.82, 2.24) is 0 Å². The van der Waals surface area contributed by atoms with Gasteiger partial charge >= 0.3 is 0 Å². The molecule has 0 fully saturated rings. The first-order valence-electron chi connectivity index (χ1n) is 16.3. The van der Waals surface area contributed by atoms with E-state index in [1.165, 1.54) is 32.5 Å². The van der Waals surface area contributed by atoms with Crippen LogP contribution in [0.25, 0.3) is 55.3 Å². The number of para-hydroxylation sites is 2. The first-order chi connectivity index (χ1) is 23.4. The smallest absolute Gasteiger partial charge is 0.147 e. The van der Waals surface area contributed by atoms with E-state index in [1.54, 1.807) is 0 Å². The summed E-state index contributed by atoms with van der Waals surface area (Å²) < 4.78 is 6.72. The third-order valence-corrected chi connectivity index (χ3v) is 10.7. The lowest BCUT2D eigenvalue weighted by Gasteiger charge is -2.26. The van der Waals surface area contributed by atoms with Crippen molar-refractivity contribution in [1.29, 1.82) is 0 Å². The van der Waals surface area contributed by atoms with Crippen LogP contribution in [-0.2, 0) is 0 Å². The highest BCUT2D eigenvalue weighted by molar-refractivity contribution is 8.32. The van der Waals surface area contributed by atoms with Gasteiger partial charge in [0.1, 0.15) is 11.2 Å². The fraction of sp³-hybridized carbons (Fsp3) is 0.0667. The van der Waals surface area contributed by atoms with Crippen LogP contribution in [0, 0.1) is 0 Å². The number of hydrogen-bond acceptors (Lipinski definition) is 2. The molecule has 1 aromatic heterocycles. The Kier molecular flexibility index (Phi) is 7.63. The van der Waals surface area contributed by atoms with E-state index in [0.29, 0.717) is 0 Å². The second-order valence-electron chi connectivity index (χ2n) is 13.0. The zero-order valence-corrected chi connectivity index (χ0v) is 28.2. The van der Waals surface area contributed by atoms with Crippen LogP contribution in [0.2, 0.25) is 0 Å². The quantitative estimate of drug-likeness (QED) is 0.172. The summed E-state index contributed by atoms with van der Waals surface area (Å²) in [4.78, 5) is 3.64. The van der Waals surface area contributed by atoms with Crippen molar-refractivity contribution in [2.75, 3.05) is 23.7 Å². The molecule has 8 rings (SSSR count). The average molecular weight is 640 g/mol. The van der Waals surface area contributed by atoms with Gasteiger partial charge in [-0.3, -0.25) is 0 Å². The molecular weight excluding hydrogens is 603 g/mol. The number of nitrogens with zero attached hydrogens (tertiary/aromatic N) is 1. The van der Waals surface area contributed by atoms with Crippen LogP contribution in [0.1, 0.15) is 0 Å². The Labute approximate surface area is 284 Å². The predicted octanol–water partition coefficient (Wildman–Crippen LogP) is 13.1. The highest BCUT2D eigenvalue weighted by Crippen LogP contribution is 2.50. The fourth-order valence-corrected chi connectivity index (χ4v) is 7.80. The normalized spacial score (nSPS) is 12.0. The minimum atomic E-state index is -0.959. The topological polar surface area (TPSA) is 16.4 Å². The van der Waals surface area contributed by atoms with Crippen LogP contribution in [-0.4, -0.2) is 18.8 Å². The number of anilines is 3. The molecule has 0 radical (unpaired) electrons. The van der Waals surface area contributed by atoms with Gasteiger partial charge in [-0.25, -0.2) is 10.0 Å². The Balaban J connectivity index is 1.20. The van der Waals surface area contributed by atoms with Crippen molar-refractivity contribution in [2.45, 2.75) is 4.90 Å². The lowest BCUT2D eigenvalue weighted by atomic mass is 10.0. The van der Waals surface area contributed by atoms with Gasteiger partial charge in [0.2, 0.25) is 0 Å². The number of fused-ring (bicyclic) bond motifs is 3. The SMILES string of the molecule is CS(C)(C)c1cccc2c1oc1c(-c3ccc(N(c4ccc(-c5ccccc5)cc4)c4ccc(-c5ccccc5)cc4)cc3)cccc12. The highest BCUT2D eigenvalue weighted by atomic mass is 32.3. The summed E-state index contributed by atoms with van der Waals surface area (Å²) in [5, 5.41) is 2.35. The zero-order valence-electron chi connectivity index (χ0n) is 27.4. The summed E-state index contributed by atoms with van der Waals surface area (Å²) in [6, 6.07) is 60.7. The molecule has 48 heavy (non-hydrogen) atoms. The standard InChI is InChI=1S/C45H37NOS/c1-48(2,3)43-19-11-18-42-41-17-10-16-40(44(41)47-45(42)43)36-24-30-39(31-25-36)46(37-26-20-34(21-27-37)32-12-6-4-7-13-32)38-28-22-35(23-29-38)33-14-8-5-9-15-33/h4-31H,1-3H3. The Morgan fingerprint density at radius 3 is 1.27 bits per heavy atom. The van der Waals surface area contributed by atoms with E-state index in [4.69, 9.17) is 4.42 Å². The van der Waals surface area contributed by atoms with Crippen LogP contribution >= 0.6 is 10.0 Å². The number of rotatable bonds is 7. The molecule has 0 amide bonds. The van der Waals surface area contributed by atoms with Gasteiger partial charge in [-0.15, -0.1) is 0 Å². The van der Waals surface area contributed by atoms with Crippen molar-refractivity contribution in [3.8, 4) is 33.4 Å². The van der Waals surface area contributed by atoms with Crippen LogP contribution in [0.15, 0.2) is 179 Å². The Morgan fingerprint density at radius 2 is 0.792 bits per heavy atom. The minimum Gasteiger partial charge on any atom is -0.454 e. The first-order valence-corrected chi connectivity index (χ1v) is 19.1. The molecule has 0 aliphatic carbocycles. The minimum absolute atomic E-state index is 0.946. The Bertz CT molecular complexity index is 2250. The first kappa shape index (κ1) is 29.9. The molecule has 7 aromatic carbocycles. The molecule has 0 unspecified atom stereocenters. The molecule has 1 heterocycles. The zero-order chi connectivity index (χ0) is 32.7. The van der Waals surface area contributed by atoms with Crippen LogP contribution < -0.4 is 4.90 Å². The van der Waals surface area contributed by atoms with Gasteiger partial charge < -0.3 is 9.32 Å². The van der Waals surface area contributed by atoms with Gasteiger partial charge in [-0.05, 0) is 89.0 Å². The Hall–Kier alpha value is -5.51. The van der Waals surface area contributed by atoms with Crippen molar-refractivity contribution in [3.05, 3.63) is 170 Å². The molecule has 0 saturated carbocycles. The number of hydrogen-bond donors (Lipinski definition) is 0. The van der Waals surface area contributed by atoms with E-state index >= 15 is 0 Å². The van der Waals surface area contributed by atoms with E-state index in [-0.39, 0.29) is 0 Å². The van der Waals surface area contributed by atoms with Gasteiger partial charge in [0.05, 0.1) is 0 Å². The monoisotopic (exact) mass is 639 g/mol. The molecule has 0 aliphatic rings. The molecule has 3 heteroatoms. The molecule has 234 valence electrons. The maximum atomic E-state index is 6.72. The lowest BCUT2D eigenvalue weighted by Crippen LogP contribution is -2.09. The maximum Gasteiger partial charge on any atom is 0.147 e. The van der Waals surface area contributed by atoms with Gasteiger partial charge in [0, 0.05) is 38.3 Å². The molecule has 0 aliphatic heterocycles. The van der Waals surface area contributed by atoms with E-state index in [9.17, 15) is 0 Å². The number of furan rings is 1. The molecular formula is C45H37NOS. The van der Waals surface area contributed by atoms with Gasteiger partial charge in [-0.2, -0.15) is 0 Å². The predicted molar refractivity (Wildman–Crippen MR) is 208 cm³/mol. The molecule has 2 nitrogen and oxygen atoms in total. The molecule has 0 bridgehead atoms. The van der Waals surface area contributed by atoms with Crippen LogP contribution in [0.4, 0.5) is 17.1 Å². The maximum absolute atomic E-state index is 6.72. The summed E-state index contributed by atoms with van der Waals surface area (Å²) in [5.41, 5.74) is 12.3. The van der Waals surface area contributed by atoms with E-state index in [1.807, 2.05) is 0 Å². The second-order valence-corrected chi connectivity index (χ2v) is 17.1. The summed E-state index contributed by atoms with van der Waals surface area (Å²) in [6.07, 6.45) is 6.97. The summed E-state index contributed by atoms with van der Waals surface area (Å²) in [5.74, 6) is 0. The lowest BCUT2D eigenvalue weighted by molar-refractivity contribution is 0.661. The third-order valence-electron chi connectivity index (χ3n) is 9.05. The van der Waals surface area contributed by atoms with Gasteiger partial charge in [0.25, 0.3) is 0 Å². The Morgan fingerprint density at radius 1 is 0.375 bits per heavy atom. The molecule has 0 atom stereocenters. The van der Waals surface area contributed by atoms with E-state index < -0.39 is 10.0 Å². The van der Waals surface area contributed by atoms with Crippen molar-refractivity contribution in [2.24, 2.45) is 0 Å². The van der Waals surface area contributed by atoms with Crippen molar-refractivity contribution >= 4 is 49.0 Å². The average Bonchev–Trinajstić information content (AvgIpc) is 3.52. The fourth-order valence-electron chi connectivity index (χ4n) is 6.61. The van der Waals surface area contributed by atoms with Crippen molar-refractivity contribution < 1.29 is 4.42 Å². The van der Waals surface area contributed by atoms with E-state index in [0.717, 1.165) is 44.7 Å².